The maximum absolute atomic E-state index is 13.5. The van der Waals surface area contributed by atoms with Crippen LogP contribution in [0.3, 0.4) is 0 Å². The first-order chi connectivity index (χ1) is 14.9. The van der Waals surface area contributed by atoms with Gasteiger partial charge in [0, 0.05) is 40.9 Å². The summed E-state index contributed by atoms with van der Waals surface area (Å²) in [6.45, 7) is 4.31. The molecule has 0 bridgehead atoms. The van der Waals surface area contributed by atoms with Gasteiger partial charge in [0.2, 0.25) is 0 Å². The topological polar surface area (TPSA) is 60.5 Å². The Balaban J connectivity index is 1.80. The van der Waals surface area contributed by atoms with Crippen LogP contribution >= 0.6 is 0 Å². The summed E-state index contributed by atoms with van der Waals surface area (Å²) in [4.78, 5) is 18.0. The van der Waals surface area contributed by atoms with Gasteiger partial charge in [0.05, 0.1) is 19.7 Å². The van der Waals surface area contributed by atoms with E-state index in [9.17, 15) is 4.79 Å². The Morgan fingerprint density at radius 3 is 2.61 bits per heavy atom. The van der Waals surface area contributed by atoms with E-state index in [0.717, 1.165) is 45.4 Å². The monoisotopic (exact) mass is 414 g/mol. The lowest BCUT2D eigenvalue weighted by Crippen LogP contribution is -2.33. The number of Topliss-reactive ketones (excluding diaryl/α,β-unsaturated/α-hetero) is 1. The van der Waals surface area contributed by atoms with Crippen molar-refractivity contribution in [2.75, 3.05) is 19.5 Å². The van der Waals surface area contributed by atoms with Gasteiger partial charge in [-0.1, -0.05) is 26.0 Å². The van der Waals surface area contributed by atoms with Gasteiger partial charge in [0.15, 0.2) is 17.3 Å². The first-order valence-electron chi connectivity index (χ1n) is 10.5. The van der Waals surface area contributed by atoms with Crippen molar-refractivity contribution in [3.8, 4) is 11.5 Å². The molecule has 3 aromatic rings. The fourth-order valence-corrected chi connectivity index (χ4v) is 5.05. The number of methoxy groups -OCH3 is 2. The average Bonchev–Trinajstić information content (AvgIpc) is 2.76. The third-order valence-electron chi connectivity index (χ3n) is 6.35. The number of benzene rings is 2. The highest BCUT2D eigenvalue weighted by Gasteiger charge is 2.41. The molecule has 5 rings (SSSR count). The highest BCUT2D eigenvalue weighted by atomic mass is 16.5. The molecule has 1 aromatic heterocycles. The van der Waals surface area contributed by atoms with Gasteiger partial charge in [0.25, 0.3) is 0 Å². The van der Waals surface area contributed by atoms with Crippen LogP contribution in [0.5, 0.6) is 11.5 Å². The normalized spacial score (nSPS) is 19.5. The quantitative estimate of drug-likeness (QED) is 0.617. The van der Waals surface area contributed by atoms with Crippen molar-refractivity contribution in [2.24, 2.45) is 5.41 Å². The minimum Gasteiger partial charge on any atom is -0.493 e. The minimum absolute atomic E-state index is 0.0685. The number of hydrogen-bond donors (Lipinski definition) is 1. The molecule has 1 aliphatic carbocycles. The zero-order valence-corrected chi connectivity index (χ0v) is 18.3. The molecule has 158 valence electrons. The number of rotatable bonds is 3. The number of carbonyl (C=O) groups excluding carboxylic acids is 1. The van der Waals surface area contributed by atoms with Gasteiger partial charge in [0.1, 0.15) is 0 Å². The van der Waals surface area contributed by atoms with Gasteiger partial charge in [-0.05, 0) is 53.3 Å². The van der Waals surface area contributed by atoms with Crippen molar-refractivity contribution < 1.29 is 14.3 Å². The van der Waals surface area contributed by atoms with Crippen molar-refractivity contribution in [2.45, 2.75) is 32.6 Å². The molecule has 1 atom stereocenters. The third kappa shape index (κ3) is 3.16. The Morgan fingerprint density at radius 1 is 1.03 bits per heavy atom. The number of hydrogen-bond acceptors (Lipinski definition) is 5. The number of fused-ring (bicyclic) bond motifs is 3. The first kappa shape index (κ1) is 19.6. The van der Waals surface area contributed by atoms with E-state index in [2.05, 4.69) is 36.3 Å². The van der Waals surface area contributed by atoms with Gasteiger partial charge in [-0.3, -0.25) is 9.78 Å². The van der Waals surface area contributed by atoms with E-state index in [-0.39, 0.29) is 17.1 Å². The highest BCUT2D eigenvalue weighted by Crippen LogP contribution is 2.51. The fraction of sp³-hybridized carbons (Fsp3) is 0.308. The minimum atomic E-state index is -0.192. The summed E-state index contributed by atoms with van der Waals surface area (Å²) in [5, 5.41) is 4.66. The zero-order chi connectivity index (χ0) is 21.8. The van der Waals surface area contributed by atoms with Gasteiger partial charge in [-0.25, -0.2) is 0 Å². The Kier molecular flexibility index (Phi) is 4.50. The molecule has 2 aromatic carbocycles. The predicted octanol–water partition coefficient (Wildman–Crippen LogP) is 5.45. The maximum atomic E-state index is 13.5. The number of nitrogens with one attached hydrogen (secondary N) is 1. The van der Waals surface area contributed by atoms with Crippen LogP contribution in [0.4, 0.5) is 5.69 Å². The van der Waals surface area contributed by atoms with Crippen LogP contribution in [0, 0.1) is 5.41 Å². The Morgan fingerprint density at radius 2 is 1.84 bits per heavy atom. The number of carbonyl (C=O) groups is 1. The van der Waals surface area contributed by atoms with E-state index in [1.807, 2.05) is 30.3 Å². The van der Waals surface area contributed by atoms with Gasteiger partial charge in [-0.15, -0.1) is 0 Å². The molecule has 2 aliphatic rings. The average molecular weight is 415 g/mol. The number of allylic oxidation sites excluding steroid dienone is 2. The molecule has 0 spiro atoms. The van der Waals surface area contributed by atoms with Crippen LogP contribution in [-0.2, 0) is 4.79 Å². The standard InChI is InChI=1S/C26H26N2O3/c1-26(2)13-19-25(20(29)14-26)23(15-7-10-21(30-3)22(12-15)31-4)24-16-6-5-11-27-17(16)8-9-18(24)28-19/h5-12,23,28H,13-14H2,1-4H3/t23-/m1/s1. The van der Waals surface area contributed by atoms with Gasteiger partial charge >= 0.3 is 0 Å². The van der Waals surface area contributed by atoms with Crippen molar-refractivity contribution in [1.82, 2.24) is 4.98 Å². The van der Waals surface area contributed by atoms with Crippen LogP contribution in [0.2, 0.25) is 0 Å². The molecule has 5 heteroatoms. The summed E-state index contributed by atoms with van der Waals surface area (Å²) in [5.74, 6) is 1.34. The number of pyridine rings is 1. The highest BCUT2D eigenvalue weighted by molar-refractivity contribution is 6.04. The van der Waals surface area contributed by atoms with Gasteiger partial charge < -0.3 is 14.8 Å². The Bertz CT molecular complexity index is 1240. The van der Waals surface area contributed by atoms with Crippen molar-refractivity contribution in [3.05, 3.63) is 71.1 Å². The third-order valence-corrected chi connectivity index (χ3v) is 6.35. The van der Waals surface area contributed by atoms with Crippen LogP contribution in [0.15, 0.2) is 59.9 Å². The molecule has 1 N–H and O–H groups in total. The van der Waals surface area contributed by atoms with E-state index in [1.165, 1.54) is 0 Å². The van der Waals surface area contributed by atoms with E-state index < -0.39 is 0 Å². The molecule has 0 unspecified atom stereocenters. The number of aromatic nitrogens is 1. The number of ether oxygens (including phenoxy) is 2. The van der Waals surface area contributed by atoms with E-state index >= 15 is 0 Å². The largest absolute Gasteiger partial charge is 0.493 e. The summed E-state index contributed by atoms with van der Waals surface area (Å²) in [5.41, 5.74) is 5.86. The second-order valence-corrected chi connectivity index (χ2v) is 9.10. The van der Waals surface area contributed by atoms with Crippen LogP contribution < -0.4 is 14.8 Å². The summed E-state index contributed by atoms with van der Waals surface area (Å²) >= 11 is 0. The fourth-order valence-electron chi connectivity index (χ4n) is 5.05. The second-order valence-electron chi connectivity index (χ2n) is 9.10. The smallest absolute Gasteiger partial charge is 0.162 e. The Labute approximate surface area is 182 Å². The van der Waals surface area contributed by atoms with E-state index in [1.54, 1.807) is 20.4 Å². The summed E-state index contributed by atoms with van der Waals surface area (Å²) in [7, 11) is 3.26. The summed E-state index contributed by atoms with van der Waals surface area (Å²) < 4.78 is 11.0. The first-order valence-corrected chi connectivity index (χ1v) is 10.5. The molecule has 31 heavy (non-hydrogen) atoms. The number of nitrogens with zero attached hydrogens (tertiary/aromatic N) is 1. The number of ketones is 1. The van der Waals surface area contributed by atoms with Crippen LogP contribution in [0.1, 0.15) is 43.7 Å². The SMILES string of the molecule is COc1ccc([C@H]2C3=C(CC(C)(C)CC3=O)Nc3ccc4ncccc4c32)cc1OC. The molecule has 0 saturated carbocycles. The molecule has 0 saturated heterocycles. The van der Waals surface area contributed by atoms with Crippen molar-refractivity contribution in [1.29, 1.82) is 0 Å². The molecule has 2 heterocycles. The lowest BCUT2D eigenvalue weighted by atomic mass is 9.68. The van der Waals surface area contributed by atoms with E-state index in [4.69, 9.17) is 9.47 Å². The molecule has 0 amide bonds. The summed E-state index contributed by atoms with van der Waals surface area (Å²) in [6, 6.07) is 14.1. The molecule has 1 aliphatic heterocycles. The molecular weight excluding hydrogens is 388 g/mol. The van der Waals surface area contributed by atoms with Crippen molar-refractivity contribution >= 4 is 22.4 Å². The lowest BCUT2D eigenvalue weighted by molar-refractivity contribution is -0.118. The zero-order valence-electron chi connectivity index (χ0n) is 18.3. The number of anilines is 1. The maximum Gasteiger partial charge on any atom is 0.162 e. The lowest BCUT2D eigenvalue weighted by Gasteiger charge is -2.40. The molecule has 0 radical (unpaired) electrons. The molecule has 0 fully saturated rings. The van der Waals surface area contributed by atoms with Crippen LogP contribution in [-0.4, -0.2) is 25.0 Å². The van der Waals surface area contributed by atoms with Crippen LogP contribution in [0.25, 0.3) is 10.9 Å². The van der Waals surface area contributed by atoms with Gasteiger partial charge in [-0.2, -0.15) is 0 Å². The second kappa shape index (κ2) is 7.12. The predicted molar refractivity (Wildman–Crippen MR) is 122 cm³/mol. The summed E-state index contributed by atoms with van der Waals surface area (Å²) in [6.07, 6.45) is 3.17. The van der Waals surface area contributed by atoms with Crippen molar-refractivity contribution in [3.63, 3.8) is 0 Å². The van der Waals surface area contributed by atoms with E-state index in [0.29, 0.717) is 17.9 Å². The molecule has 5 nitrogen and oxygen atoms in total. The Hall–Kier alpha value is -3.34. The molecular formula is C26H26N2O3.